The van der Waals surface area contributed by atoms with E-state index in [9.17, 15) is 9.59 Å². The van der Waals surface area contributed by atoms with Crippen molar-refractivity contribution in [3.63, 3.8) is 0 Å². The van der Waals surface area contributed by atoms with Crippen LogP contribution in [0, 0.1) is 13.8 Å². The maximum atomic E-state index is 12.8. The van der Waals surface area contributed by atoms with E-state index in [0.717, 1.165) is 34.7 Å². The van der Waals surface area contributed by atoms with Gasteiger partial charge in [0.25, 0.3) is 5.91 Å². The van der Waals surface area contributed by atoms with Crippen LogP contribution in [0.1, 0.15) is 44.7 Å². The summed E-state index contributed by atoms with van der Waals surface area (Å²) >= 11 is 7.35. The lowest BCUT2D eigenvalue weighted by molar-refractivity contribution is 0.102. The van der Waals surface area contributed by atoms with Crippen molar-refractivity contribution in [2.24, 2.45) is 0 Å². The summed E-state index contributed by atoms with van der Waals surface area (Å²) < 4.78 is 0. The number of piperidine rings is 1. The third kappa shape index (κ3) is 5.08. The number of carbonyl (C=O) groups excluding carboxylic acids is 2. The standard InChI is InChI=1S/C23H24ClN5O2S/c1-14-6-3-4-8-18(14)25-20(30)22-28-27-21(32-22)16-7-5-11-29(13-16)23(31)26-19-12-17(24)10-9-15(19)2/h3-4,6,8-10,12,16H,5,7,11,13H2,1-2H3,(H,25,30)(H,26,31)/t16-/m1/s1. The number of anilines is 2. The molecule has 2 aromatic carbocycles. The zero-order valence-corrected chi connectivity index (χ0v) is 19.5. The van der Waals surface area contributed by atoms with Gasteiger partial charge in [0.05, 0.1) is 0 Å². The molecule has 1 fully saturated rings. The molecule has 32 heavy (non-hydrogen) atoms. The maximum Gasteiger partial charge on any atom is 0.321 e. The second kappa shape index (κ2) is 9.67. The third-order valence-electron chi connectivity index (χ3n) is 5.53. The van der Waals surface area contributed by atoms with Gasteiger partial charge in [-0.05, 0) is 56.0 Å². The molecule has 9 heteroatoms. The molecular formula is C23H24ClN5O2S. The molecule has 0 spiro atoms. The van der Waals surface area contributed by atoms with Crippen LogP contribution >= 0.6 is 22.9 Å². The molecule has 1 aliphatic rings. The van der Waals surface area contributed by atoms with Crippen molar-refractivity contribution in [1.29, 1.82) is 0 Å². The topological polar surface area (TPSA) is 87.2 Å². The average Bonchev–Trinajstić information content (AvgIpc) is 3.28. The minimum absolute atomic E-state index is 0.0486. The Kier molecular flexibility index (Phi) is 6.72. The first-order chi connectivity index (χ1) is 15.4. The summed E-state index contributed by atoms with van der Waals surface area (Å²) in [6, 6.07) is 12.9. The van der Waals surface area contributed by atoms with Crippen LogP contribution in [0.4, 0.5) is 16.2 Å². The lowest BCUT2D eigenvalue weighted by atomic mass is 9.99. The summed E-state index contributed by atoms with van der Waals surface area (Å²) in [7, 11) is 0. The number of benzene rings is 2. The summed E-state index contributed by atoms with van der Waals surface area (Å²) in [6.07, 6.45) is 1.75. The number of halogens is 1. The molecule has 2 N–H and O–H groups in total. The molecule has 1 atom stereocenters. The number of amides is 3. The van der Waals surface area contributed by atoms with Crippen LogP contribution < -0.4 is 10.6 Å². The number of likely N-dealkylation sites (tertiary alicyclic amines) is 1. The van der Waals surface area contributed by atoms with Gasteiger partial charge in [-0.3, -0.25) is 4.79 Å². The van der Waals surface area contributed by atoms with Gasteiger partial charge in [-0.1, -0.05) is 47.2 Å². The highest BCUT2D eigenvalue weighted by Crippen LogP contribution is 2.30. The van der Waals surface area contributed by atoms with Crippen molar-refractivity contribution >= 4 is 46.3 Å². The molecule has 1 aromatic heterocycles. The second-order valence-electron chi connectivity index (χ2n) is 7.89. The van der Waals surface area contributed by atoms with Crippen LogP contribution in [-0.2, 0) is 0 Å². The van der Waals surface area contributed by atoms with E-state index >= 15 is 0 Å². The molecule has 0 aliphatic carbocycles. The molecule has 0 saturated carbocycles. The van der Waals surface area contributed by atoms with Gasteiger partial charge in [-0.2, -0.15) is 0 Å². The molecule has 3 amide bonds. The van der Waals surface area contributed by atoms with Crippen molar-refractivity contribution in [2.45, 2.75) is 32.6 Å². The maximum absolute atomic E-state index is 12.8. The van der Waals surface area contributed by atoms with E-state index < -0.39 is 0 Å². The molecule has 0 bridgehead atoms. The zero-order chi connectivity index (χ0) is 22.7. The number of hydrogen-bond acceptors (Lipinski definition) is 5. The van der Waals surface area contributed by atoms with Gasteiger partial charge in [-0.25, -0.2) is 4.79 Å². The molecule has 2 heterocycles. The van der Waals surface area contributed by atoms with Crippen LogP contribution in [0.15, 0.2) is 42.5 Å². The Morgan fingerprint density at radius 1 is 1.06 bits per heavy atom. The molecule has 1 saturated heterocycles. The Morgan fingerprint density at radius 2 is 1.84 bits per heavy atom. The number of hydrogen-bond donors (Lipinski definition) is 2. The Hall–Kier alpha value is -2.97. The van der Waals surface area contributed by atoms with Crippen molar-refractivity contribution in [3.05, 3.63) is 68.6 Å². The quantitative estimate of drug-likeness (QED) is 0.530. The van der Waals surface area contributed by atoms with Gasteiger partial charge in [0.15, 0.2) is 0 Å². The Bertz CT molecular complexity index is 1150. The first-order valence-corrected chi connectivity index (χ1v) is 11.6. The minimum atomic E-state index is -0.273. The fourth-order valence-electron chi connectivity index (χ4n) is 3.67. The van der Waals surface area contributed by atoms with Gasteiger partial charge in [0.1, 0.15) is 5.01 Å². The summed E-state index contributed by atoms with van der Waals surface area (Å²) in [5.74, 6) is -0.225. The zero-order valence-electron chi connectivity index (χ0n) is 17.9. The van der Waals surface area contributed by atoms with Crippen LogP contribution in [0.3, 0.4) is 0 Å². The van der Waals surface area contributed by atoms with Crippen molar-refractivity contribution in [2.75, 3.05) is 23.7 Å². The smallest absolute Gasteiger partial charge is 0.321 e. The number of nitrogens with zero attached hydrogens (tertiary/aromatic N) is 3. The van der Waals surface area contributed by atoms with Crippen LogP contribution in [0.2, 0.25) is 5.02 Å². The van der Waals surface area contributed by atoms with E-state index in [0.29, 0.717) is 28.8 Å². The third-order valence-corrected chi connectivity index (χ3v) is 6.85. The number of carbonyl (C=O) groups is 2. The van der Waals surface area contributed by atoms with Crippen LogP contribution in [0.5, 0.6) is 0 Å². The molecule has 3 aromatic rings. The lowest BCUT2D eigenvalue weighted by Crippen LogP contribution is -2.41. The molecule has 0 radical (unpaired) electrons. The Morgan fingerprint density at radius 3 is 2.66 bits per heavy atom. The van der Waals surface area contributed by atoms with Crippen molar-refractivity contribution in [3.8, 4) is 0 Å². The van der Waals surface area contributed by atoms with Crippen molar-refractivity contribution < 1.29 is 9.59 Å². The summed E-state index contributed by atoms with van der Waals surface area (Å²) in [4.78, 5) is 27.2. The molecule has 4 rings (SSSR count). The highest BCUT2D eigenvalue weighted by Gasteiger charge is 2.28. The van der Waals surface area contributed by atoms with E-state index in [4.69, 9.17) is 11.6 Å². The molecular weight excluding hydrogens is 446 g/mol. The predicted molar refractivity (Wildman–Crippen MR) is 128 cm³/mol. The van der Waals surface area contributed by atoms with Gasteiger partial charge < -0.3 is 15.5 Å². The SMILES string of the molecule is Cc1ccccc1NC(=O)c1nnc([C@@H]2CCCN(C(=O)Nc3cc(Cl)ccc3C)C2)s1. The largest absolute Gasteiger partial charge is 0.324 e. The molecule has 166 valence electrons. The number of aryl methyl sites for hydroxylation is 2. The van der Waals surface area contributed by atoms with E-state index in [1.165, 1.54) is 11.3 Å². The normalized spacial score (nSPS) is 16.0. The Balaban J connectivity index is 1.41. The monoisotopic (exact) mass is 469 g/mol. The highest BCUT2D eigenvalue weighted by atomic mass is 35.5. The van der Waals surface area contributed by atoms with Gasteiger partial charge in [0.2, 0.25) is 5.01 Å². The van der Waals surface area contributed by atoms with Gasteiger partial charge in [-0.15, -0.1) is 10.2 Å². The summed E-state index contributed by atoms with van der Waals surface area (Å²) in [5, 5.41) is 15.9. The number of nitrogens with one attached hydrogen (secondary N) is 2. The first kappa shape index (κ1) is 22.2. The first-order valence-electron chi connectivity index (χ1n) is 10.4. The van der Waals surface area contributed by atoms with Crippen LogP contribution in [-0.4, -0.2) is 40.1 Å². The van der Waals surface area contributed by atoms with Crippen LogP contribution in [0.25, 0.3) is 0 Å². The fourth-order valence-corrected chi connectivity index (χ4v) is 4.70. The summed E-state index contributed by atoms with van der Waals surface area (Å²) in [5.41, 5.74) is 3.39. The van der Waals surface area contributed by atoms with Gasteiger partial charge >= 0.3 is 6.03 Å². The van der Waals surface area contributed by atoms with E-state index in [1.54, 1.807) is 17.0 Å². The minimum Gasteiger partial charge on any atom is -0.324 e. The number of aromatic nitrogens is 2. The second-order valence-corrected chi connectivity index (χ2v) is 9.33. The number of para-hydroxylation sites is 1. The average molecular weight is 470 g/mol. The van der Waals surface area contributed by atoms with E-state index in [2.05, 4.69) is 20.8 Å². The van der Waals surface area contributed by atoms with E-state index in [-0.39, 0.29) is 17.9 Å². The van der Waals surface area contributed by atoms with E-state index in [1.807, 2.05) is 44.2 Å². The number of urea groups is 1. The Labute approximate surface area is 195 Å². The van der Waals surface area contributed by atoms with Gasteiger partial charge in [0, 0.05) is 35.4 Å². The molecule has 1 aliphatic heterocycles. The lowest BCUT2D eigenvalue weighted by Gasteiger charge is -2.31. The molecule has 7 nitrogen and oxygen atoms in total. The predicted octanol–water partition coefficient (Wildman–Crippen LogP) is 5.47. The molecule has 0 unspecified atom stereocenters. The summed E-state index contributed by atoms with van der Waals surface area (Å²) in [6.45, 7) is 5.06. The fraction of sp³-hybridized carbons (Fsp3) is 0.304. The highest BCUT2D eigenvalue weighted by molar-refractivity contribution is 7.13. The number of rotatable bonds is 4. The van der Waals surface area contributed by atoms with Crippen molar-refractivity contribution in [1.82, 2.24) is 15.1 Å².